The fourth-order valence-electron chi connectivity index (χ4n) is 1.71. The van der Waals surface area contributed by atoms with Crippen molar-refractivity contribution in [2.45, 2.75) is 20.8 Å². The number of esters is 1. The van der Waals surface area contributed by atoms with Crippen molar-refractivity contribution < 1.29 is 19.1 Å². The van der Waals surface area contributed by atoms with E-state index in [0.29, 0.717) is 12.3 Å². The van der Waals surface area contributed by atoms with Crippen LogP contribution in [0.25, 0.3) is 0 Å². The van der Waals surface area contributed by atoms with Crippen molar-refractivity contribution in [1.82, 2.24) is 4.90 Å². The topological polar surface area (TPSA) is 55.8 Å². The second kappa shape index (κ2) is 7.53. The number of ether oxygens (including phenoxy) is 2. The van der Waals surface area contributed by atoms with Gasteiger partial charge in [-0.25, -0.2) is 0 Å². The number of amides is 1. The van der Waals surface area contributed by atoms with Crippen LogP contribution < -0.4 is 4.74 Å². The second-order valence-corrected chi connectivity index (χ2v) is 4.47. The molecule has 0 heterocycles. The van der Waals surface area contributed by atoms with Gasteiger partial charge in [-0.3, -0.25) is 9.59 Å². The molecule has 0 aromatic heterocycles. The molecular formula is C15H21NO4. The summed E-state index contributed by atoms with van der Waals surface area (Å²) in [6.07, 6.45) is 0. The number of carbonyl (C=O) groups is 2. The van der Waals surface area contributed by atoms with Gasteiger partial charge in [-0.05, 0) is 38.0 Å². The van der Waals surface area contributed by atoms with Crippen LogP contribution in [0.5, 0.6) is 5.75 Å². The molecule has 1 amide bonds. The molecule has 0 spiro atoms. The van der Waals surface area contributed by atoms with Crippen LogP contribution >= 0.6 is 0 Å². The molecule has 1 aromatic rings. The number of carbonyl (C=O) groups excluding carboxylic acids is 2. The summed E-state index contributed by atoms with van der Waals surface area (Å²) >= 11 is 0. The molecule has 0 atom stereocenters. The molecule has 0 unspecified atom stereocenters. The Morgan fingerprint density at radius 2 is 1.95 bits per heavy atom. The summed E-state index contributed by atoms with van der Waals surface area (Å²) in [5.74, 6) is 0.0122. The summed E-state index contributed by atoms with van der Waals surface area (Å²) < 4.78 is 10.1. The minimum atomic E-state index is -0.438. The number of hydrogen-bond acceptors (Lipinski definition) is 4. The summed E-state index contributed by atoms with van der Waals surface area (Å²) in [5.41, 5.74) is 2.12. The van der Waals surface area contributed by atoms with Gasteiger partial charge in [-0.2, -0.15) is 0 Å². The minimum Gasteiger partial charge on any atom is -0.483 e. The molecule has 20 heavy (non-hydrogen) atoms. The van der Waals surface area contributed by atoms with E-state index in [1.807, 2.05) is 32.0 Å². The van der Waals surface area contributed by atoms with Crippen LogP contribution in [0.15, 0.2) is 18.2 Å². The molecule has 110 valence electrons. The number of hydrogen-bond donors (Lipinski definition) is 0. The summed E-state index contributed by atoms with van der Waals surface area (Å²) in [4.78, 5) is 24.6. The Labute approximate surface area is 119 Å². The van der Waals surface area contributed by atoms with E-state index >= 15 is 0 Å². The largest absolute Gasteiger partial charge is 0.483 e. The number of methoxy groups -OCH3 is 1. The summed E-state index contributed by atoms with van der Waals surface area (Å²) in [6.45, 7) is 6.03. The molecule has 0 aliphatic carbocycles. The van der Waals surface area contributed by atoms with Gasteiger partial charge in [0, 0.05) is 6.54 Å². The van der Waals surface area contributed by atoms with Gasteiger partial charge in [0.2, 0.25) is 0 Å². The average molecular weight is 279 g/mol. The number of likely N-dealkylation sites (N-methyl/N-ethyl adjacent to an activating group) is 1. The van der Waals surface area contributed by atoms with Gasteiger partial charge < -0.3 is 14.4 Å². The highest BCUT2D eigenvalue weighted by Gasteiger charge is 2.16. The van der Waals surface area contributed by atoms with E-state index in [1.54, 1.807) is 6.92 Å². The third-order valence-corrected chi connectivity index (χ3v) is 3.19. The van der Waals surface area contributed by atoms with Gasteiger partial charge in [-0.15, -0.1) is 0 Å². The van der Waals surface area contributed by atoms with Crippen LogP contribution in [0.3, 0.4) is 0 Å². The first-order valence-electron chi connectivity index (χ1n) is 6.53. The number of nitrogens with zero attached hydrogens (tertiary/aromatic N) is 1. The first-order chi connectivity index (χ1) is 9.49. The van der Waals surface area contributed by atoms with Gasteiger partial charge in [0.05, 0.1) is 7.11 Å². The van der Waals surface area contributed by atoms with E-state index in [9.17, 15) is 9.59 Å². The van der Waals surface area contributed by atoms with Gasteiger partial charge in [0.15, 0.2) is 6.61 Å². The van der Waals surface area contributed by atoms with Crippen molar-refractivity contribution in [3.63, 3.8) is 0 Å². The molecule has 5 nitrogen and oxygen atoms in total. The summed E-state index contributed by atoms with van der Waals surface area (Å²) in [6, 6.07) is 5.69. The average Bonchev–Trinajstić information content (AvgIpc) is 2.45. The standard InChI is InChI=1S/C15H21NO4/c1-5-16(9-15(18)19-4)14(17)10-20-13-8-6-7-11(2)12(13)3/h6-8H,5,9-10H2,1-4H3. The summed E-state index contributed by atoms with van der Waals surface area (Å²) in [5, 5.41) is 0. The third kappa shape index (κ3) is 4.26. The number of rotatable bonds is 6. The predicted molar refractivity (Wildman–Crippen MR) is 75.7 cm³/mol. The Hall–Kier alpha value is -2.04. The lowest BCUT2D eigenvalue weighted by Gasteiger charge is -2.20. The molecule has 0 N–H and O–H groups in total. The third-order valence-electron chi connectivity index (χ3n) is 3.19. The maximum Gasteiger partial charge on any atom is 0.325 e. The zero-order chi connectivity index (χ0) is 15.1. The second-order valence-electron chi connectivity index (χ2n) is 4.47. The van der Waals surface area contributed by atoms with E-state index in [2.05, 4.69) is 4.74 Å². The van der Waals surface area contributed by atoms with E-state index in [4.69, 9.17) is 4.74 Å². The summed E-state index contributed by atoms with van der Waals surface area (Å²) in [7, 11) is 1.30. The van der Waals surface area contributed by atoms with Crippen molar-refractivity contribution in [2.75, 3.05) is 26.8 Å². The first-order valence-corrected chi connectivity index (χ1v) is 6.53. The molecule has 0 saturated heterocycles. The maximum absolute atomic E-state index is 12.0. The van der Waals surface area contributed by atoms with Gasteiger partial charge in [-0.1, -0.05) is 12.1 Å². The SMILES string of the molecule is CCN(CC(=O)OC)C(=O)COc1cccc(C)c1C. The molecule has 1 rings (SSSR count). The van der Waals surface area contributed by atoms with E-state index in [1.165, 1.54) is 12.0 Å². The fraction of sp³-hybridized carbons (Fsp3) is 0.467. The van der Waals surface area contributed by atoms with Crippen molar-refractivity contribution in [2.24, 2.45) is 0 Å². The molecule has 5 heteroatoms. The Morgan fingerprint density at radius 1 is 1.25 bits per heavy atom. The number of aryl methyl sites for hydroxylation is 1. The van der Waals surface area contributed by atoms with Gasteiger partial charge >= 0.3 is 5.97 Å². The lowest BCUT2D eigenvalue weighted by atomic mass is 10.1. The normalized spacial score (nSPS) is 10.0. The maximum atomic E-state index is 12.0. The molecule has 0 aliphatic rings. The zero-order valence-corrected chi connectivity index (χ0v) is 12.4. The van der Waals surface area contributed by atoms with Crippen molar-refractivity contribution >= 4 is 11.9 Å². The lowest BCUT2D eigenvalue weighted by molar-refractivity contribution is -0.147. The fourth-order valence-corrected chi connectivity index (χ4v) is 1.71. The van der Waals surface area contributed by atoms with Gasteiger partial charge in [0.1, 0.15) is 12.3 Å². The van der Waals surface area contributed by atoms with Crippen molar-refractivity contribution in [3.05, 3.63) is 29.3 Å². The van der Waals surface area contributed by atoms with Crippen molar-refractivity contribution in [3.8, 4) is 5.75 Å². The van der Waals surface area contributed by atoms with E-state index in [0.717, 1.165) is 11.1 Å². The Kier molecular flexibility index (Phi) is 6.03. The Morgan fingerprint density at radius 3 is 2.55 bits per heavy atom. The quantitative estimate of drug-likeness (QED) is 0.744. The predicted octanol–water partition coefficient (Wildman–Crippen LogP) is 1.70. The van der Waals surface area contributed by atoms with E-state index in [-0.39, 0.29) is 19.1 Å². The molecule has 0 bridgehead atoms. The molecule has 0 aliphatic heterocycles. The van der Waals surface area contributed by atoms with Crippen LogP contribution in [0, 0.1) is 13.8 Å². The Bertz CT molecular complexity index is 485. The highest BCUT2D eigenvalue weighted by Crippen LogP contribution is 2.20. The lowest BCUT2D eigenvalue weighted by Crippen LogP contribution is -2.39. The molecule has 1 aromatic carbocycles. The molecular weight excluding hydrogens is 258 g/mol. The van der Waals surface area contributed by atoms with Crippen molar-refractivity contribution in [1.29, 1.82) is 0 Å². The van der Waals surface area contributed by atoms with Crippen LogP contribution in [0.2, 0.25) is 0 Å². The van der Waals surface area contributed by atoms with Crippen LogP contribution in [0.1, 0.15) is 18.1 Å². The highest BCUT2D eigenvalue weighted by atomic mass is 16.5. The van der Waals surface area contributed by atoms with E-state index < -0.39 is 5.97 Å². The first kappa shape index (κ1) is 16.0. The molecule has 0 saturated carbocycles. The smallest absolute Gasteiger partial charge is 0.325 e. The van der Waals surface area contributed by atoms with Crippen LogP contribution in [-0.2, 0) is 14.3 Å². The monoisotopic (exact) mass is 279 g/mol. The van der Waals surface area contributed by atoms with Crippen LogP contribution in [0.4, 0.5) is 0 Å². The zero-order valence-electron chi connectivity index (χ0n) is 12.4. The molecule has 0 radical (unpaired) electrons. The highest BCUT2D eigenvalue weighted by molar-refractivity contribution is 5.83. The number of benzene rings is 1. The van der Waals surface area contributed by atoms with Crippen LogP contribution in [-0.4, -0.2) is 43.6 Å². The van der Waals surface area contributed by atoms with Gasteiger partial charge in [0.25, 0.3) is 5.91 Å². The molecule has 0 fully saturated rings. The minimum absolute atomic E-state index is 0.0536. The Balaban J connectivity index is 2.61.